The molecule has 124 valence electrons. The number of rotatable bonds is 5. The van der Waals surface area contributed by atoms with Crippen molar-refractivity contribution >= 4 is 39.7 Å². The highest BCUT2D eigenvalue weighted by molar-refractivity contribution is 7.16. The second kappa shape index (κ2) is 7.15. The van der Waals surface area contributed by atoms with Gasteiger partial charge in [-0.05, 0) is 31.2 Å². The van der Waals surface area contributed by atoms with Crippen molar-refractivity contribution in [3.05, 3.63) is 62.3 Å². The molecule has 0 aliphatic rings. The van der Waals surface area contributed by atoms with Gasteiger partial charge in [0.15, 0.2) is 0 Å². The molecular formula is C17H16ClN3O2S. The summed E-state index contributed by atoms with van der Waals surface area (Å²) in [5.74, 6) is -0.124. The van der Waals surface area contributed by atoms with E-state index in [9.17, 15) is 9.59 Å². The van der Waals surface area contributed by atoms with Gasteiger partial charge in [-0.2, -0.15) is 0 Å². The maximum Gasteiger partial charge on any atom is 0.261 e. The van der Waals surface area contributed by atoms with Crippen molar-refractivity contribution in [1.29, 1.82) is 0 Å². The molecule has 3 rings (SSSR count). The fraction of sp³-hybridized carbons (Fsp3) is 0.235. The summed E-state index contributed by atoms with van der Waals surface area (Å²) < 4.78 is 2.05. The summed E-state index contributed by atoms with van der Waals surface area (Å²) in [7, 11) is 0. The van der Waals surface area contributed by atoms with Crippen LogP contribution < -0.4 is 5.56 Å². The molecule has 0 saturated heterocycles. The Bertz CT molecular complexity index is 935. The zero-order valence-electron chi connectivity index (χ0n) is 13.1. The van der Waals surface area contributed by atoms with Gasteiger partial charge in [0.25, 0.3) is 5.56 Å². The first-order valence-corrected chi connectivity index (χ1v) is 8.74. The number of carbonyl (C=O) groups excluding carboxylic acids is 1. The van der Waals surface area contributed by atoms with E-state index in [0.717, 1.165) is 4.88 Å². The number of benzene rings is 1. The SMILES string of the molecule is CCN(Cc1ccc(Cl)s1)C(=O)Cn1cnc2ccccc2c1=O. The molecule has 0 saturated carbocycles. The lowest BCUT2D eigenvalue weighted by Gasteiger charge is -2.20. The first-order valence-electron chi connectivity index (χ1n) is 7.54. The standard InChI is InChI=1S/C17H16ClN3O2S/c1-2-20(9-12-7-8-15(18)24-12)16(22)10-21-11-19-14-6-4-3-5-13(14)17(21)23/h3-8,11H,2,9-10H2,1H3. The van der Waals surface area contributed by atoms with Gasteiger partial charge in [0.2, 0.25) is 5.91 Å². The number of aromatic nitrogens is 2. The Morgan fingerprint density at radius 2 is 2.08 bits per heavy atom. The van der Waals surface area contributed by atoms with Crippen LogP contribution in [0, 0.1) is 0 Å². The minimum Gasteiger partial charge on any atom is -0.336 e. The molecule has 0 atom stereocenters. The third-order valence-electron chi connectivity index (χ3n) is 3.75. The first kappa shape index (κ1) is 16.7. The van der Waals surface area contributed by atoms with Gasteiger partial charge in [0.1, 0.15) is 6.54 Å². The predicted octanol–water partition coefficient (Wildman–Crippen LogP) is 3.16. The van der Waals surface area contributed by atoms with Crippen molar-refractivity contribution in [3.63, 3.8) is 0 Å². The molecule has 0 spiro atoms. The summed E-state index contributed by atoms with van der Waals surface area (Å²) in [5.41, 5.74) is 0.427. The van der Waals surface area contributed by atoms with Crippen LogP contribution in [0.25, 0.3) is 10.9 Å². The van der Waals surface area contributed by atoms with Crippen LogP contribution in [-0.2, 0) is 17.9 Å². The van der Waals surface area contributed by atoms with E-state index in [4.69, 9.17) is 11.6 Å². The molecule has 0 aliphatic carbocycles. The zero-order chi connectivity index (χ0) is 17.1. The van der Waals surface area contributed by atoms with Crippen molar-refractivity contribution < 1.29 is 4.79 Å². The van der Waals surface area contributed by atoms with Crippen LogP contribution in [-0.4, -0.2) is 26.9 Å². The minimum absolute atomic E-state index is 0.0242. The number of fused-ring (bicyclic) bond motifs is 1. The Balaban J connectivity index is 1.80. The second-order valence-electron chi connectivity index (χ2n) is 5.31. The van der Waals surface area contributed by atoms with Crippen molar-refractivity contribution in [2.45, 2.75) is 20.0 Å². The summed E-state index contributed by atoms with van der Waals surface area (Å²) in [6.45, 7) is 2.94. The molecule has 0 unspecified atom stereocenters. The second-order valence-corrected chi connectivity index (χ2v) is 7.11. The van der Waals surface area contributed by atoms with E-state index < -0.39 is 0 Å². The van der Waals surface area contributed by atoms with Gasteiger partial charge in [-0.1, -0.05) is 23.7 Å². The van der Waals surface area contributed by atoms with Crippen LogP contribution in [0.1, 0.15) is 11.8 Å². The van der Waals surface area contributed by atoms with E-state index >= 15 is 0 Å². The molecule has 2 aromatic heterocycles. The fourth-order valence-corrected chi connectivity index (χ4v) is 3.57. The van der Waals surface area contributed by atoms with Crippen molar-refractivity contribution in [2.75, 3.05) is 6.54 Å². The Kier molecular flexibility index (Phi) is 4.97. The Hall–Kier alpha value is -2.18. The third-order valence-corrected chi connectivity index (χ3v) is 4.96. The molecule has 3 aromatic rings. The van der Waals surface area contributed by atoms with E-state index in [0.29, 0.717) is 28.3 Å². The normalized spacial score (nSPS) is 10.9. The highest BCUT2D eigenvalue weighted by atomic mass is 35.5. The van der Waals surface area contributed by atoms with Crippen molar-refractivity contribution in [2.24, 2.45) is 0 Å². The summed E-state index contributed by atoms with van der Waals surface area (Å²) in [4.78, 5) is 32.0. The van der Waals surface area contributed by atoms with E-state index in [1.807, 2.05) is 25.1 Å². The van der Waals surface area contributed by atoms with Gasteiger partial charge in [-0.25, -0.2) is 4.98 Å². The summed E-state index contributed by atoms with van der Waals surface area (Å²) in [5, 5.41) is 0.515. The van der Waals surface area contributed by atoms with Gasteiger partial charge < -0.3 is 4.90 Å². The third kappa shape index (κ3) is 3.49. The van der Waals surface area contributed by atoms with Crippen LogP contribution in [0.15, 0.2) is 47.5 Å². The quantitative estimate of drug-likeness (QED) is 0.701. The summed E-state index contributed by atoms with van der Waals surface area (Å²) >= 11 is 7.38. The highest BCUT2D eigenvalue weighted by Gasteiger charge is 2.15. The van der Waals surface area contributed by atoms with E-state index in [1.54, 1.807) is 23.1 Å². The van der Waals surface area contributed by atoms with Gasteiger partial charge >= 0.3 is 0 Å². The molecule has 1 amide bonds. The van der Waals surface area contributed by atoms with Crippen molar-refractivity contribution in [1.82, 2.24) is 14.5 Å². The topological polar surface area (TPSA) is 55.2 Å². The molecule has 24 heavy (non-hydrogen) atoms. The number of para-hydroxylation sites is 1. The average molecular weight is 362 g/mol. The largest absolute Gasteiger partial charge is 0.336 e. The van der Waals surface area contributed by atoms with Gasteiger partial charge in [-0.15, -0.1) is 11.3 Å². The molecule has 0 aliphatic heterocycles. The molecule has 0 N–H and O–H groups in total. The lowest BCUT2D eigenvalue weighted by molar-refractivity contribution is -0.132. The molecule has 2 heterocycles. The van der Waals surface area contributed by atoms with Crippen molar-refractivity contribution in [3.8, 4) is 0 Å². The maximum atomic E-state index is 12.6. The van der Waals surface area contributed by atoms with Gasteiger partial charge in [0, 0.05) is 11.4 Å². The summed E-state index contributed by atoms with van der Waals surface area (Å²) in [6, 6.07) is 10.8. The maximum absolute atomic E-state index is 12.6. The molecule has 1 aromatic carbocycles. The Morgan fingerprint density at radius 3 is 2.79 bits per heavy atom. The lowest BCUT2D eigenvalue weighted by Crippen LogP contribution is -2.36. The number of hydrogen-bond acceptors (Lipinski definition) is 4. The summed E-state index contributed by atoms with van der Waals surface area (Å²) in [6.07, 6.45) is 1.43. The van der Waals surface area contributed by atoms with Crippen LogP contribution in [0.4, 0.5) is 0 Å². The van der Waals surface area contributed by atoms with E-state index in [-0.39, 0.29) is 18.0 Å². The number of likely N-dealkylation sites (N-methyl/N-ethyl adjacent to an activating group) is 1. The van der Waals surface area contributed by atoms with E-state index in [1.165, 1.54) is 22.2 Å². The number of nitrogens with zero attached hydrogens (tertiary/aromatic N) is 3. The minimum atomic E-state index is -0.204. The number of hydrogen-bond donors (Lipinski definition) is 0. The number of halogens is 1. The highest BCUT2D eigenvalue weighted by Crippen LogP contribution is 2.22. The van der Waals surface area contributed by atoms with Gasteiger partial charge in [-0.3, -0.25) is 14.2 Å². The molecule has 7 heteroatoms. The Labute approximate surface area is 148 Å². The molecular weight excluding hydrogens is 346 g/mol. The van der Waals surface area contributed by atoms with Crippen LogP contribution in [0.5, 0.6) is 0 Å². The van der Waals surface area contributed by atoms with E-state index in [2.05, 4.69) is 4.98 Å². The number of carbonyl (C=O) groups is 1. The van der Waals surface area contributed by atoms with Crippen LogP contribution in [0.3, 0.4) is 0 Å². The molecule has 0 bridgehead atoms. The van der Waals surface area contributed by atoms with Gasteiger partial charge in [0.05, 0.1) is 28.1 Å². The number of amides is 1. The number of thiophene rings is 1. The predicted molar refractivity (Wildman–Crippen MR) is 96.4 cm³/mol. The average Bonchev–Trinajstić information content (AvgIpc) is 3.00. The molecule has 0 radical (unpaired) electrons. The first-order chi connectivity index (χ1) is 11.6. The fourth-order valence-electron chi connectivity index (χ4n) is 2.47. The zero-order valence-corrected chi connectivity index (χ0v) is 14.7. The Morgan fingerprint density at radius 1 is 1.29 bits per heavy atom. The molecule has 5 nitrogen and oxygen atoms in total. The lowest BCUT2D eigenvalue weighted by atomic mass is 10.2. The smallest absolute Gasteiger partial charge is 0.261 e. The monoisotopic (exact) mass is 361 g/mol. The van der Waals surface area contributed by atoms with Crippen LogP contribution >= 0.6 is 22.9 Å². The molecule has 0 fully saturated rings. The van der Waals surface area contributed by atoms with Crippen LogP contribution in [0.2, 0.25) is 4.34 Å².